The molecule has 1 aliphatic heterocycles. The number of nitrogens with zero attached hydrogens (tertiary/aromatic N) is 2. The van der Waals surface area contributed by atoms with Crippen LogP contribution in [0.3, 0.4) is 0 Å². The molecule has 0 spiro atoms. The number of piperidine rings is 1. The standard InChI is InChI=1S/C14H19N3O3/c1-10-4-3-7-16(9-10)14(18)15-12-6-5-11(2)13(8-12)17(19)20/h5-6,8,10H,3-4,7,9H2,1-2H3,(H,15,18)/t10-/m1/s1. The van der Waals surface area contributed by atoms with Gasteiger partial charge in [-0.05, 0) is 31.7 Å². The van der Waals surface area contributed by atoms with Crippen LogP contribution in [0.15, 0.2) is 18.2 Å². The van der Waals surface area contributed by atoms with Crippen molar-refractivity contribution in [3.63, 3.8) is 0 Å². The molecule has 0 saturated carbocycles. The molecule has 20 heavy (non-hydrogen) atoms. The molecule has 0 bridgehead atoms. The normalized spacial score (nSPS) is 18.7. The number of carbonyl (C=O) groups is 1. The number of nitro groups is 1. The lowest BCUT2D eigenvalue weighted by atomic mass is 10.0. The topological polar surface area (TPSA) is 75.5 Å². The maximum absolute atomic E-state index is 12.1. The van der Waals surface area contributed by atoms with Crippen LogP contribution in [0.5, 0.6) is 0 Å². The predicted molar refractivity (Wildman–Crippen MR) is 76.8 cm³/mol. The van der Waals surface area contributed by atoms with Crippen LogP contribution in [0.25, 0.3) is 0 Å². The van der Waals surface area contributed by atoms with Crippen LogP contribution < -0.4 is 5.32 Å². The van der Waals surface area contributed by atoms with Gasteiger partial charge in [0, 0.05) is 30.4 Å². The number of hydrogen-bond acceptors (Lipinski definition) is 3. The SMILES string of the molecule is Cc1ccc(NC(=O)N2CCC[C@@H](C)C2)cc1[N+](=O)[O-]. The average molecular weight is 277 g/mol. The van der Waals surface area contributed by atoms with E-state index in [1.54, 1.807) is 24.0 Å². The number of nitro benzene ring substituents is 1. The van der Waals surface area contributed by atoms with Crippen LogP contribution in [-0.2, 0) is 0 Å². The molecule has 1 saturated heterocycles. The Morgan fingerprint density at radius 2 is 2.25 bits per heavy atom. The molecular weight excluding hydrogens is 258 g/mol. The number of likely N-dealkylation sites (tertiary alicyclic amines) is 1. The fraction of sp³-hybridized carbons (Fsp3) is 0.500. The molecule has 0 unspecified atom stereocenters. The molecule has 1 N–H and O–H groups in total. The molecule has 2 amide bonds. The second-order valence-corrected chi connectivity index (χ2v) is 5.38. The van der Waals surface area contributed by atoms with Gasteiger partial charge in [0.05, 0.1) is 4.92 Å². The minimum Gasteiger partial charge on any atom is -0.324 e. The van der Waals surface area contributed by atoms with Gasteiger partial charge in [-0.25, -0.2) is 4.79 Å². The number of rotatable bonds is 2. The van der Waals surface area contributed by atoms with Crippen LogP contribution in [-0.4, -0.2) is 28.9 Å². The molecule has 1 aromatic carbocycles. The lowest BCUT2D eigenvalue weighted by Gasteiger charge is -2.30. The van der Waals surface area contributed by atoms with Gasteiger partial charge in [-0.2, -0.15) is 0 Å². The summed E-state index contributed by atoms with van der Waals surface area (Å²) in [4.78, 5) is 24.3. The van der Waals surface area contributed by atoms with E-state index >= 15 is 0 Å². The Labute approximate surface area is 117 Å². The third-order valence-corrected chi connectivity index (χ3v) is 3.60. The second-order valence-electron chi connectivity index (χ2n) is 5.38. The van der Waals surface area contributed by atoms with Crippen LogP contribution >= 0.6 is 0 Å². The number of carbonyl (C=O) groups excluding carboxylic acids is 1. The van der Waals surface area contributed by atoms with Crippen LogP contribution in [0.2, 0.25) is 0 Å². The van der Waals surface area contributed by atoms with Crippen molar-refractivity contribution in [1.82, 2.24) is 4.90 Å². The lowest BCUT2D eigenvalue weighted by molar-refractivity contribution is -0.385. The van der Waals surface area contributed by atoms with Crippen molar-refractivity contribution in [2.45, 2.75) is 26.7 Å². The van der Waals surface area contributed by atoms with E-state index in [-0.39, 0.29) is 11.7 Å². The number of anilines is 1. The zero-order valence-corrected chi connectivity index (χ0v) is 11.8. The van der Waals surface area contributed by atoms with Crippen molar-refractivity contribution in [2.75, 3.05) is 18.4 Å². The molecule has 1 aromatic rings. The third-order valence-electron chi connectivity index (χ3n) is 3.60. The molecule has 108 valence electrons. The molecule has 1 aliphatic rings. The molecule has 1 atom stereocenters. The van der Waals surface area contributed by atoms with Crippen molar-refractivity contribution in [1.29, 1.82) is 0 Å². The maximum atomic E-state index is 12.1. The number of urea groups is 1. The van der Waals surface area contributed by atoms with E-state index in [9.17, 15) is 14.9 Å². The van der Waals surface area contributed by atoms with Crippen LogP contribution in [0.1, 0.15) is 25.3 Å². The highest BCUT2D eigenvalue weighted by atomic mass is 16.6. The average Bonchev–Trinajstić information content (AvgIpc) is 2.40. The van der Waals surface area contributed by atoms with Crippen molar-refractivity contribution < 1.29 is 9.72 Å². The first-order valence-corrected chi connectivity index (χ1v) is 6.78. The van der Waals surface area contributed by atoms with Gasteiger partial charge < -0.3 is 10.2 Å². The Balaban J connectivity index is 2.07. The summed E-state index contributed by atoms with van der Waals surface area (Å²) in [7, 11) is 0. The summed E-state index contributed by atoms with van der Waals surface area (Å²) in [5, 5.41) is 13.6. The predicted octanol–water partition coefficient (Wildman–Crippen LogP) is 3.17. The molecule has 0 radical (unpaired) electrons. The quantitative estimate of drug-likeness (QED) is 0.666. The van der Waals surface area contributed by atoms with Crippen LogP contribution in [0, 0.1) is 23.0 Å². The highest BCUT2D eigenvalue weighted by molar-refractivity contribution is 5.89. The number of aryl methyl sites for hydroxylation is 1. The highest BCUT2D eigenvalue weighted by Crippen LogP contribution is 2.23. The van der Waals surface area contributed by atoms with Gasteiger partial charge in [0.15, 0.2) is 0 Å². The Bertz CT molecular complexity index is 530. The minimum absolute atomic E-state index is 0.0230. The summed E-state index contributed by atoms with van der Waals surface area (Å²) in [6, 6.07) is 4.55. The third kappa shape index (κ3) is 3.26. The zero-order valence-electron chi connectivity index (χ0n) is 11.8. The molecule has 0 aromatic heterocycles. The first-order chi connectivity index (χ1) is 9.47. The van der Waals surface area contributed by atoms with E-state index in [2.05, 4.69) is 12.2 Å². The maximum Gasteiger partial charge on any atom is 0.321 e. The first-order valence-electron chi connectivity index (χ1n) is 6.78. The fourth-order valence-corrected chi connectivity index (χ4v) is 2.46. The zero-order chi connectivity index (χ0) is 14.7. The minimum atomic E-state index is -0.437. The molecule has 0 aliphatic carbocycles. The van der Waals surface area contributed by atoms with Gasteiger partial charge in [0.25, 0.3) is 5.69 Å². The van der Waals surface area contributed by atoms with E-state index in [1.807, 2.05) is 0 Å². The summed E-state index contributed by atoms with van der Waals surface area (Å²) in [6.07, 6.45) is 2.14. The largest absolute Gasteiger partial charge is 0.324 e. The Morgan fingerprint density at radius 1 is 1.50 bits per heavy atom. The van der Waals surface area contributed by atoms with E-state index in [4.69, 9.17) is 0 Å². The molecular formula is C14H19N3O3. The van der Waals surface area contributed by atoms with Crippen LogP contribution in [0.4, 0.5) is 16.2 Å². The Morgan fingerprint density at radius 3 is 2.90 bits per heavy atom. The van der Waals surface area contributed by atoms with Gasteiger partial charge in [0.1, 0.15) is 0 Å². The van der Waals surface area contributed by atoms with Crippen molar-refractivity contribution in [2.24, 2.45) is 5.92 Å². The first kappa shape index (κ1) is 14.3. The van der Waals surface area contributed by atoms with Gasteiger partial charge in [-0.15, -0.1) is 0 Å². The number of nitrogens with one attached hydrogen (secondary N) is 1. The number of benzene rings is 1. The van der Waals surface area contributed by atoms with E-state index in [0.717, 1.165) is 25.9 Å². The molecule has 1 fully saturated rings. The molecule has 1 heterocycles. The van der Waals surface area contributed by atoms with E-state index in [1.165, 1.54) is 6.07 Å². The van der Waals surface area contributed by atoms with E-state index < -0.39 is 4.92 Å². The second kappa shape index (κ2) is 5.90. The fourth-order valence-electron chi connectivity index (χ4n) is 2.46. The summed E-state index contributed by atoms with van der Waals surface area (Å²) in [5.74, 6) is 0.502. The molecule has 2 rings (SSSR count). The smallest absolute Gasteiger partial charge is 0.321 e. The highest BCUT2D eigenvalue weighted by Gasteiger charge is 2.21. The summed E-state index contributed by atoms with van der Waals surface area (Å²) >= 11 is 0. The van der Waals surface area contributed by atoms with Crippen molar-refractivity contribution in [3.05, 3.63) is 33.9 Å². The number of hydrogen-bond donors (Lipinski definition) is 1. The van der Waals surface area contributed by atoms with Crippen molar-refractivity contribution >= 4 is 17.4 Å². The number of amides is 2. The van der Waals surface area contributed by atoms with Crippen molar-refractivity contribution in [3.8, 4) is 0 Å². The van der Waals surface area contributed by atoms with Gasteiger partial charge in [-0.1, -0.05) is 13.0 Å². The van der Waals surface area contributed by atoms with Gasteiger partial charge in [-0.3, -0.25) is 10.1 Å². The summed E-state index contributed by atoms with van der Waals surface area (Å²) in [5.41, 5.74) is 1.07. The summed E-state index contributed by atoms with van der Waals surface area (Å²) < 4.78 is 0. The Hall–Kier alpha value is -2.11. The van der Waals surface area contributed by atoms with E-state index in [0.29, 0.717) is 17.2 Å². The van der Waals surface area contributed by atoms with Gasteiger partial charge in [0.2, 0.25) is 0 Å². The van der Waals surface area contributed by atoms with Gasteiger partial charge >= 0.3 is 6.03 Å². The molecule has 6 nitrogen and oxygen atoms in total. The lowest BCUT2D eigenvalue weighted by Crippen LogP contribution is -2.41. The monoisotopic (exact) mass is 277 g/mol. The molecule has 6 heteroatoms. The summed E-state index contributed by atoms with van der Waals surface area (Å²) in [6.45, 7) is 5.27. The Kier molecular flexibility index (Phi) is 4.22.